The van der Waals surface area contributed by atoms with Gasteiger partial charge in [0.1, 0.15) is 0 Å². The first kappa shape index (κ1) is 13.7. The van der Waals surface area contributed by atoms with Crippen molar-refractivity contribution in [1.29, 1.82) is 0 Å². The van der Waals surface area contributed by atoms with Crippen molar-refractivity contribution in [2.75, 3.05) is 4.72 Å². The van der Waals surface area contributed by atoms with Gasteiger partial charge in [-0.25, -0.2) is 4.98 Å². The lowest BCUT2D eigenvalue weighted by atomic mass is 10.1. The van der Waals surface area contributed by atoms with E-state index >= 15 is 0 Å². The Morgan fingerprint density at radius 1 is 1.05 bits per heavy atom. The predicted molar refractivity (Wildman–Crippen MR) is 84.5 cm³/mol. The van der Waals surface area contributed by atoms with Crippen molar-refractivity contribution in [3.05, 3.63) is 60.2 Å². The Hall–Kier alpha value is -2.24. The molecule has 1 unspecified atom stereocenters. The molecule has 0 spiro atoms. The lowest BCUT2D eigenvalue weighted by Gasteiger charge is -2.09. The van der Waals surface area contributed by atoms with Crippen LogP contribution in [-0.2, 0) is 11.3 Å². The van der Waals surface area contributed by atoms with E-state index < -0.39 is 11.3 Å². The van der Waals surface area contributed by atoms with E-state index in [1.54, 1.807) is 12.1 Å². The van der Waals surface area contributed by atoms with Crippen LogP contribution in [0.5, 0.6) is 0 Å². The molecule has 3 rings (SSSR count). The Kier molecular flexibility index (Phi) is 3.68. The van der Waals surface area contributed by atoms with Crippen molar-refractivity contribution >= 4 is 27.9 Å². The molecule has 3 aromatic rings. The number of benzene rings is 2. The molecular formula is C16H13N2O2S-. The third kappa shape index (κ3) is 3.09. The van der Waals surface area contributed by atoms with Crippen LogP contribution in [0.1, 0.15) is 5.56 Å². The van der Waals surface area contributed by atoms with Crippen LogP contribution in [0.4, 0.5) is 5.69 Å². The summed E-state index contributed by atoms with van der Waals surface area (Å²) in [6.45, 7) is 2.05. The molecule has 0 amide bonds. The second kappa shape index (κ2) is 5.63. The molecule has 2 aromatic carbocycles. The topological polar surface area (TPSA) is 65.0 Å². The summed E-state index contributed by atoms with van der Waals surface area (Å²) in [5, 5.41) is 1.11. The highest BCUT2D eigenvalue weighted by Gasteiger charge is 2.02. The number of nitrogens with one attached hydrogen (secondary N) is 1. The van der Waals surface area contributed by atoms with E-state index in [9.17, 15) is 8.76 Å². The van der Waals surface area contributed by atoms with Crippen LogP contribution >= 0.6 is 0 Å². The Balaban J connectivity index is 1.96. The predicted octanol–water partition coefficient (Wildman–Crippen LogP) is 3.42. The minimum atomic E-state index is -2.30. The maximum Gasteiger partial charge on any atom is 0.0709 e. The zero-order valence-corrected chi connectivity index (χ0v) is 12.2. The number of fused-ring (bicyclic) bond motifs is 1. The van der Waals surface area contributed by atoms with Gasteiger partial charge in [0.25, 0.3) is 0 Å². The highest BCUT2D eigenvalue weighted by Crippen LogP contribution is 2.23. The van der Waals surface area contributed by atoms with E-state index in [1.807, 2.05) is 36.4 Å². The molecule has 0 fully saturated rings. The fourth-order valence-electron chi connectivity index (χ4n) is 2.21. The van der Waals surface area contributed by atoms with E-state index in [2.05, 4.69) is 22.7 Å². The van der Waals surface area contributed by atoms with Gasteiger partial charge >= 0.3 is 0 Å². The SMILES string of the molecule is Cc1ccc2nc(-c3ccc(NS(=O)[O-])cc3)ccc2c1. The van der Waals surface area contributed by atoms with Crippen LogP contribution in [0.3, 0.4) is 0 Å². The molecule has 0 aliphatic heterocycles. The molecule has 0 radical (unpaired) electrons. The van der Waals surface area contributed by atoms with Gasteiger partial charge in [-0.05, 0) is 37.3 Å². The number of pyridine rings is 1. The fraction of sp³-hybridized carbons (Fsp3) is 0.0625. The van der Waals surface area contributed by atoms with Gasteiger partial charge < -0.3 is 9.27 Å². The largest absolute Gasteiger partial charge is 0.755 e. The summed E-state index contributed by atoms with van der Waals surface area (Å²) in [6, 6.07) is 17.3. The molecule has 0 aliphatic rings. The molecule has 5 heteroatoms. The average molecular weight is 297 g/mol. The van der Waals surface area contributed by atoms with Crippen molar-refractivity contribution in [3.63, 3.8) is 0 Å². The van der Waals surface area contributed by atoms with Gasteiger partial charge in [0.2, 0.25) is 0 Å². The van der Waals surface area contributed by atoms with E-state index in [0.29, 0.717) is 5.69 Å². The molecule has 21 heavy (non-hydrogen) atoms. The molecule has 1 heterocycles. The number of hydrogen-bond acceptors (Lipinski definition) is 3. The Bertz CT molecular complexity index is 816. The number of aryl methyl sites for hydroxylation is 1. The minimum Gasteiger partial charge on any atom is -0.755 e. The van der Waals surface area contributed by atoms with Crippen molar-refractivity contribution in [2.24, 2.45) is 0 Å². The maximum atomic E-state index is 10.6. The van der Waals surface area contributed by atoms with E-state index in [0.717, 1.165) is 22.2 Å². The number of aromatic nitrogens is 1. The summed E-state index contributed by atoms with van der Waals surface area (Å²) >= 11 is -2.30. The first-order valence-electron chi connectivity index (χ1n) is 6.45. The van der Waals surface area contributed by atoms with Gasteiger partial charge in [0.15, 0.2) is 0 Å². The van der Waals surface area contributed by atoms with Crippen LogP contribution in [0.2, 0.25) is 0 Å². The highest BCUT2D eigenvalue weighted by atomic mass is 32.2. The van der Waals surface area contributed by atoms with E-state index in [4.69, 9.17) is 0 Å². The maximum absolute atomic E-state index is 10.6. The van der Waals surface area contributed by atoms with Gasteiger partial charge in [0.05, 0.1) is 11.2 Å². The molecule has 1 atom stereocenters. The van der Waals surface area contributed by atoms with Crippen LogP contribution < -0.4 is 4.72 Å². The molecule has 1 aromatic heterocycles. The van der Waals surface area contributed by atoms with Crippen LogP contribution in [0.25, 0.3) is 22.2 Å². The molecule has 0 aliphatic carbocycles. The van der Waals surface area contributed by atoms with E-state index in [1.165, 1.54) is 5.56 Å². The van der Waals surface area contributed by atoms with E-state index in [-0.39, 0.29) is 0 Å². The van der Waals surface area contributed by atoms with Crippen molar-refractivity contribution in [1.82, 2.24) is 4.98 Å². The lowest BCUT2D eigenvalue weighted by molar-refractivity contribution is 0.542. The third-order valence-corrected chi connectivity index (χ3v) is 3.63. The monoisotopic (exact) mass is 297 g/mol. The summed E-state index contributed by atoms with van der Waals surface area (Å²) in [5.41, 5.74) is 4.49. The highest BCUT2D eigenvalue weighted by molar-refractivity contribution is 7.80. The third-order valence-electron chi connectivity index (χ3n) is 3.23. The lowest BCUT2D eigenvalue weighted by Crippen LogP contribution is -2.01. The van der Waals surface area contributed by atoms with Crippen molar-refractivity contribution < 1.29 is 8.76 Å². The summed E-state index contributed by atoms with van der Waals surface area (Å²) in [5.74, 6) is 0. The van der Waals surface area contributed by atoms with Gasteiger partial charge in [-0.15, -0.1) is 0 Å². The molecule has 0 saturated carbocycles. The summed E-state index contributed by atoms with van der Waals surface area (Å²) in [6.07, 6.45) is 0. The zero-order chi connectivity index (χ0) is 14.8. The fourth-order valence-corrected chi connectivity index (χ4v) is 2.54. The van der Waals surface area contributed by atoms with Crippen LogP contribution in [0, 0.1) is 6.92 Å². The molecule has 0 bridgehead atoms. The normalized spacial score (nSPS) is 12.3. The average Bonchev–Trinajstić information content (AvgIpc) is 2.47. The molecule has 1 N–H and O–H groups in total. The Morgan fingerprint density at radius 2 is 1.81 bits per heavy atom. The summed E-state index contributed by atoms with van der Waals surface area (Å²) in [7, 11) is 0. The number of nitrogens with zero attached hydrogens (tertiary/aromatic N) is 1. The molecular weight excluding hydrogens is 284 g/mol. The first-order valence-corrected chi connectivity index (χ1v) is 7.53. The van der Waals surface area contributed by atoms with Gasteiger partial charge in [0, 0.05) is 27.9 Å². The van der Waals surface area contributed by atoms with Crippen molar-refractivity contribution in [2.45, 2.75) is 6.92 Å². The number of anilines is 1. The smallest absolute Gasteiger partial charge is 0.0709 e. The first-order chi connectivity index (χ1) is 10.1. The van der Waals surface area contributed by atoms with Crippen LogP contribution in [0.15, 0.2) is 54.6 Å². The second-order valence-corrected chi connectivity index (χ2v) is 5.48. The minimum absolute atomic E-state index is 0.531. The standard InChI is InChI=1S/C16H14N2O2S/c1-11-2-8-16-13(10-11)5-9-15(17-16)12-3-6-14(7-4-12)18-21(19)20/h2-10,18H,1H3,(H,19,20)/p-1. The summed E-state index contributed by atoms with van der Waals surface area (Å²) < 4.78 is 23.5. The zero-order valence-electron chi connectivity index (χ0n) is 11.4. The number of rotatable bonds is 3. The van der Waals surface area contributed by atoms with Gasteiger partial charge in [-0.1, -0.05) is 29.8 Å². The van der Waals surface area contributed by atoms with Gasteiger partial charge in [-0.2, -0.15) is 0 Å². The molecule has 4 nitrogen and oxygen atoms in total. The Labute approximate surface area is 125 Å². The molecule has 0 saturated heterocycles. The molecule has 106 valence electrons. The second-order valence-electron chi connectivity index (χ2n) is 4.81. The number of hydrogen-bond donors (Lipinski definition) is 1. The quantitative estimate of drug-likeness (QED) is 0.753. The van der Waals surface area contributed by atoms with Crippen LogP contribution in [-0.4, -0.2) is 13.7 Å². The van der Waals surface area contributed by atoms with Gasteiger partial charge in [-0.3, -0.25) is 4.21 Å². The Morgan fingerprint density at radius 3 is 2.52 bits per heavy atom. The summed E-state index contributed by atoms with van der Waals surface area (Å²) in [4.78, 5) is 4.64. The van der Waals surface area contributed by atoms with Crippen molar-refractivity contribution in [3.8, 4) is 11.3 Å².